The first kappa shape index (κ1) is 23.9. The fourth-order valence-electron chi connectivity index (χ4n) is 4.40. The fraction of sp³-hybridized carbons (Fsp3) is 0.458. The van der Waals surface area contributed by atoms with E-state index in [1.54, 1.807) is 11.0 Å². The molecule has 0 spiro atoms. The van der Waals surface area contributed by atoms with E-state index in [1.807, 2.05) is 38.0 Å². The molecule has 1 amide bonds. The lowest BCUT2D eigenvalue weighted by atomic mass is 9.84. The van der Waals surface area contributed by atoms with Crippen LogP contribution in [0.3, 0.4) is 0 Å². The Morgan fingerprint density at radius 2 is 2.00 bits per heavy atom. The summed E-state index contributed by atoms with van der Waals surface area (Å²) in [6.45, 7) is 2.46. The van der Waals surface area contributed by atoms with Gasteiger partial charge in [0.1, 0.15) is 0 Å². The Balaban J connectivity index is 1.66. The second kappa shape index (κ2) is 8.50. The second-order valence-electron chi connectivity index (χ2n) is 9.59. The first-order valence-corrected chi connectivity index (χ1v) is 11.2. The molecule has 2 N–H and O–H groups in total. The number of carbonyl (C=O) groups is 1. The molecule has 2 aromatic heterocycles. The molecule has 1 saturated carbocycles. The minimum absolute atomic E-state index is 0.0285. The van der Waals surface area contributed by atoms with E-state index in [4.69, 9.17) is 5.10 Å². The van der Waals surface area contributed by atoms with E-state index >= 15 is 0 Å². The maximum absolute atomic E-state index is 13.7. The number of rotatable bonds is 5. The van der Waals surface area contributed by atoms with Crippen LogP contribution < -0.4 is 14.9 Å². The molecule has 1 fully saturated rings. The molecular formula is C24H29F2N5O3. The molecule has 1 aliphatic rings. The van der Waals surface area contributed by atoms with Gasteiger partial charge in [0.15, 0.2) is 0 Å². The summed E-state index contributed by atoms with van der Waals surface area (Å²) in [5, 5.41) is 30.9. The number of halogens is 2. The Kier molecular flexibility index (Phi) is 5.97. The summed E-state index contributed by atoms with van der Waals surface area (Å²) in [4.78, 5) is 14.7. The van der Waals surface area contributed by atoms with E-state index in [0.717, 1.165) is 29.8 Å². The van der Waals surface area contributed by atoms with Crippen LogP contribution in [0, 0.1) is 5.21 Å². The zero-order valence-electron chi connectivity index (χ0n) is 19.7. The number of hydrogen-bond donors (Lipinski definition) is 2. The van der Waals surface area contributed by atoms with Gasteiger partial charge in [0.25, 0.3) is 11.4 Å². The van der Waals surface area contributed by atoms with Crippen LogP contribution in [0.25, 0.3) is 10.9 Å². The molecule has 8 nitrogen and oxygen atoms in total. The minimum Gasteiger partial charge on any atom is -0.618 e. The van der Waals surface area contributed by atoms with Gasteiger partial charge >= 0.3 is 11.8 Å². The Morgan fingerprint density at radius 1 is 1.32 bits per heavy atom. The third-order valence-electron chi connectivity index (χ3n) is 6.40. The molecule has 4 rings (SSSR count). The van der Waals surface area contributed by atoms with E-state index in [2.05, 4.69) is 5.32 Å². The zero-order valence-corrected chi connectivity index (χ0v) is 19.7. The van der Waals surface area contributed by atoms with Gasteiger partial charge in [0.05, 0.1) is 28.5 Å². The highest BCUT2D eigenvalue weighted by Gasteiger charge is 2.35. The molecule has 34 heavy (non-hydrogen) atoms. The molecular weight excluding hydrogens is 444 g/mol. The minimum atomic E-state index is -3.38. The SMILES string of the molecule is CN(C)c1cc2nn(C3CCC(C)(O)CC3)cc2cc1NC(=O)c1cccc(C(C)(F)F)[n+]1[O-]. The number of nitrogens with zero attached hydrogens (tertiary/aromatic N) is 4. The number of anilines is 2. The molecule has 0 unspecified atom stereocenters. The van der Waals surface area contributed by atoms with Crippen molar-refractivity contribution in [2.24, 2.45) is 0 Å². The standard InChI is InChI=1S/C24H29F2N5O3/c1-23(33)10-8-16(9-11-23)30-14-15-12-18(20(29(3)4)13-17(15)28-30)27-22(32)19-6-5-7-21(31(19)34)24(2,25)26/h5-7,12-14,16,33H,8-11H2,1-4H3,(H,27,32). The number of nitrogens with one attached hydrogen (secondary N) is 1. The van der Waals surface area contributed by atoms with Gasteiger partial charge in [0.2, 0.25) is 0 Å². The number of fused-ring (bicyclic) bond motifs is 1. The van der Waals surface area contributed by atoms with Gasteiger partial charge in [-0.1, -0.05) is 0 Å². The van der Waals surface area contributed by atoms with Crippen LogP contribution in [0.5, 0.6) is 0 Å². The lowest BCUT2D eigenvalue weighted by Crippen LogP contribution is -2.44. The maximum atomic E-state index is 13.7. The van der Waals surface area contributed by atoms with Crippen molar-refractivity contribution >= 4 is 28.2 Å². The van der Waals surface area contributed by atoms with Crippen molar-refractivity contribution in [2.45, 2.75) is 57.1 Å². The summed E-state index contributed by atoms with van der Waals surface area (Å²) in [6.07, 6.45) is 4.92. The van der Waals surface area contributed by atoms with Gasteiger partial charge in [-0.3, -0.25) is 9.48 Å². The average molecular weight is 474 g/mol. The molecule has 0 bridgehead atoms. The lowest BCUT2D eigenvalue weighted by Gasteiger charge is -2.33. The molecule has 1 aliphatic carbocycles. The summed E-state index contributed by atoms with van der Waals surface area (Å²) in [7, 11) is 3.62. The van der Waals surface area contributed by atoms with Gasteiger partial charge in [0, 0.05) is 44.7 Å². The van der Waals surface area contributed by atoms with Crippen molar-refractivity contribution in [1.82, 2.24) is 9.78 Å². The highest BCUT2D eigenvalue weighted by Crippen LogP contribution is 2.36. The highest BCUT2D eigenvalue weighted by atomic mass is 19.3. The monoisotopic (exact) mass is 473 g/mol. The van der Waals surface area contributed by atoms with Crippen molar-refractivity contribution in [3.05, 3.63) is 53.1 Å². The number of carbonyl (C=O) groups excluding carboxylic acids is 1. The van der Waals surface area contributed by atoms with Crippen LogP contribution in [-0.2, 0) is 5.92 Å². The number of alkyl halides is 2. The smallest absolute Gasteiger partial charge is 0.328 e. The number of hydrogen-bond acceptors (Lipinski definition) is 5. The molecule has 3 aromatic rings. The van der Waals surface area contributed by atoms with E-state index in [1.165, 1.54) is 12.1 Å². The third-order valence-corrected chi connectivity index (χ3v) is 6.40. The molecule has 0 radical (unpaired) electrons. The molecule has 0 atom stereocenters. The predicted molar refractivity (Wildman–Crippen MR) is 125 cm³/mol. The normalized spacial score (nSPS) is 21.0. The Morgan fingerprint density at radius 3 is 2.62 bits per heavy atom. The van der Waals surface area contributed by atoms with Crippen molar-refractivity contribution < 1.29 is 23.4 Å². The Hall–Kier alpha value is -3.27. The van der Waals surface area contributed by atoms with Gasteiger partial charge in [-0.2, -0.15) is 18.6 Å². The maximum Gasteiger partial charge on any atom is 0.328 e. The molecule has 0 saturated heterocycles. The van der Waals surface area contributed by atoms with E-state index in [9.17, 15) is 23.9 Å². The number of benzene rings is 1. The van der Waals surface area contributed by atoms with E-state index in [0.29, 0.717) is 31.1 Å². The highest BCUT2D eigenvalue weighted by molar-refractivity contribution is 6.05. The summed E-state index contributed by atoms with van der Waals surface area (Å²) >= 11 is 0. The molecule has 1 aromatic carbocycles. The zero-order chi connectivity index (χ0) is 24.8. The van der Waals surface area contributed by atoms with Crippen LogP contribution in [0.15, 0.2) is 36.5 Å². The number of aliphatic hydroxyl groups is 1. The van der Waals surface area contributed by atoms with Crippen LogP contribution in [0.2, 0.25) is 0 Å². The average Bonchev–Trinajstić information content (AvgIpc) is 3.15. The van der Waals surface area contributed by atoms with Crippen LogP contribution >= 0.6 is 0 Å². The predicted octanol–water partition coefficient (Wildman–Crippen LogP) is 3.97. The van der Waals surface area contributed by atoms with Gasteiger partial charge < -0.3 is 20.5 Å². The van der Waals surface area contributed by atoms with E-state index in [-0.39, 0.29) is 10.8 Å². The molecule has 2 heterocycles. The first-order chi connectivity index (χ1) is 15.9. The van der Waals surface area contributed by atoms with Crippen molar-refractivity contribution in [3.63, 3.8) is 0 Å². The summed E-state index contributed by atoms with van der Waals surface area (Å²) in [5.74, 6) is -4.17. The first-order valence-electron chi connectivity index (χ1n) is 11.2. The lowest BCUT2D eigenvalue weighted by molar-refractivity contribution is -0.626. The van der Waals surface area contributed by atoms with Gasteiger partial charge in [-0.05, 0) is 50.8 Å². The van der Waals surface area contributed by atoms with Crippen LogP contribution in [0.1, 0.15) is 61.8 Å². The Labute approximate surface area is 196 Å². The largest absolute Gasteiger partial charge is 0.618 e. The summed E-state index contributed by atoms with van der Waals surface area (Å²) < 4.78 is 29.4. The van der Waals surface area contributed by atoms with Gasteiger partial charge in [-0.25, -0.2) is 0 Å². The molecule has 10 heteroatoms. The molecule has 182 valence electrons. The topological polar surface area (TPSA) is 97.3 Å². The number of pyridine rings is 1. The second-order valence-corrected chi connectivity index (χ2v) is 9.59. The summed E-state index contributed by atoms with van der Waals surface area (Å²) in [5.41, 5.74) is -0.0271. The van der Waals surface area contributed by atoms with Crippen molar-refractivity contribution in [2.75, 3.05) is 24.3 Å². The van der Waals surface area contributed by atoms with Crippen LogP contribution in [-0.4, -0.2) is 40.5 Å². The third kappa shape index (κ3) is 4.68. The van der Waals surface area contributed by atoms with E-state index < -0.39 is 28.8 Å². The quantitative estimate of drug-likeness (QED) is 0.432. The van der Waals surface area contributed by atoms with Crippen molar-refractivity contribution in [3.8, 4) is 0 Å². The number of amides is 1. The summed E-state index contributed by atoms with van der Waals surface area (Å²) in [6, 6.07) is 7.24. The van der Waals surface area contributed by atoms with Crippen molar-refractivity contribution in [1.29, 1.82) is 0 Å². The Bertz CT molecular complexity index is 1220. The fourth-order valence-corrected chi connectivity index (χ4v) is 4.40. The number of aromatic nitrogens is 3. The van der Waals surface area contributed by atoms with Crippen LogP contribution in [0.4, 0.5) is 20.2 Å². The van der Waals surface area contributed by atoms with Gasteiger partial charge in [-0.15, -0.1) is 0 Å². The molecule has 0 aliphatic heterocycles.